The summed E-state index contributed by atoms with van der Waals surface area (Å²) >= 11 is 0. The standard InChI is InChI=1S/C17H35N3O/c1-13(2)10-16(12-20(3)4)19-17(21)9-8-14-6-5-7-15(18)11-14/h13-16H,5-12,18H2,1-4H3,(H,19,21). The molecule has 0 bridgehead atoms. The molecule has 3 unspecified atom stereocenters. The first-order valence-electron chi connectivity index (χ1n) is 8.56. The highest BCUT2D eigenvalue weighted by Crippen LogP contribution is 2.26. The van der Waals surface area contributed by atoms with Crippen molar-refractivity contribution < 1.29 is 4.79 Å². The van der Waals surface area contributed by atoms with E-state index in [1.807, 2.05) is 0 Å². The monoisotopic (exact) mass is 297 g/mol. The average molecular weight is 297 g/mol. The Morgan fingerprint density at radius 2 is 2.05 bits per heavy atom. The number of hydrogen-bond donors (Lipinski definition) is 2. The second-order valence-electron chi connectivity index (χ2n) is 7.49. The van der Waals surface area contributed by atoms with Gasteiger partial charge in [0.2, 0.25) is 5.91 Å². The van der Waals surface area contributed by atoms with Gasteiger partial charge in [-0.15, -0.1) is 0 Å². The largest absolute Gasteiger partial charge is 0.352 e. The SMILES string of the molecule is CC(C)CC(CN(C)C)NC(=O)CCC1CCCC(N)C1. The van der Waals surface area contributed by atoms with Crippen molar-refractivity contribution in [3.05, 3.63) is 0 Å². The fourth-order valence-corrected chi connectivity index (χ4v) is 3.42. The van der Waals surface area contributed by atoms with E-state index >= 15 is 0 Å². The van der Waals surface area contributed by atoms with Gasteiger partial charge in [-0.1, -0.05) is 26.7 Å². The molecule has 0 aromatic carbocycles. The lowest BCUT2D eigenvalue weighted by Gasteiger charge is -2.27. The summed E-state index contributed by atoms with van der Waals surface area (Å²) in [4.78, 5) is 14.3. The van der Waals surface area contributed by atoms with Crippen LogP contribution in [0, 0.1) is 11.8 Å². The second kappa shape index (κ2) is 9.42. The predicted octanol–water partition coefficient (Wildman–Crippen LogP) is 2.38. The van der Waals surface area contributed by atoms with Crippen LogP contribution in [0.4, 0.5) is 0 Å². The summed E-state index contributed by atoms with van der Waals surface area (Å²) in [6.45, 7) is 5.33. The minimum absolute atomic E-state index is 0.210. The molecule has 1 amide bonds. The van der Waals surface area contributed by atoms with Crippen LogP contribution in [-0.2, 0) is 4.79 Å². The Morgan fingerprint density at radius 3 is 2.62 bits per heavy atom. The van der Waals surface area contributed by atoms with Crippen molar-refractivity contribution in [1.29, 1.82) is 0 Å². The van der Waals surface area contributed by atoms with Gasteiger partial charge in [0.25, 0.3) is 0 Å². The summed E-state index contributed by atoms with van der Waals surface area (Å²) in [6.07, 6.45) is 7.41. The van der Waals surface area contributed by atoms with Crippen molar-refractivity contribution >= 4 is 5.91 Å². The molecule has 4 heteroatoms. The molecular weight excluding hydrogens is 262 g/mol. The fraction of sp³-hybridized carbons (Fsp3) is 0.941. The molecule has 1 rings (SSSR count). The van der Waals surface area contributed by atoms with Gasteiger partial charge in [0.1, 0.15) is 0 Å². The Hall–Kier alpha value is -0.610. The van der Waals surface area contributed by atoms with Gasteiger partial charge < -0.3 is 16.0 Å². The van der Waals surface area contributed by atoms with Crippen molar-refractivity contribution in [3.8, 4) is 0 Å². The highest BCUT2D eigenvalue weighted by atomic mass is 16.1. The highest BCUT2D eigenvalue weighted by Gasteiger charge is 2.21. The zero-order valence-electron chi connectivity index (χ0n) is 14.4. The van der Waals surface area contributed by atoms with Crippen LogP contribution in [0.5, 0.6) is 0 Å². The van der Waals surface area contributed by atoms with Gasteiger partial charge in [-0.3, -0.25) is 4.79 Å². The molecule has 1 fully saturated rings. The van der Waals surface area contributed by atoms with Crippen LogP contribution in [0.2, 0.25) is 0 Å². The number of carbonyl (C=O) groups is 1. The summed E-state index contributed by atoms with van der Waals surface area (Å²) in [5.41, 5.74) is 6.02. The molecule has 1 saturated carbocycles. The molecule has 0 aliphatic heterocycles. The van der Waals surface area contributed by atoms with E-state index in [4.69, 9.17) is 5.73 Å². The average Bonchev–Trinajstić information content (AvgIpc) is 2.34. The van der Waals surface area contributed by atoms with Gasteiger partial charge >= 0.3 is 0 Å². The van der Waals surface area contributed by atoms with Crippen LogP contribution in [0.3, 0.4) is 0 Å². The minimum atomic E-state index is 0.210. The van der Waals surface area contributed by atoms with Crippen molar-refractivity contribution in [2.45, 2.75) is 70.9 Å². The number of amides is 1. The predicted molar refractivity (Wildman–Crippen MR) is 89.1 cm³/mol. The quantitative estimate of drug-likeness (QED) is 0.723. The highest BCUT2D eigenvalue weighted by molar-refractivity contribution is 5.76. The summed E-state index contributed by atoms with van der Waals surface area (Å²) < 4.78 is 0. The minimum Gasteiger partial charge on any atom is -0.352 e. The maximum Gasteiger partial charge on any atom is 0.220 e. The van der Waals surface area contributed by atoms with Crippen molar-refractivity contribution in [2.75, 3.05) is 20.6 Å². The zero-order valence-corrected chi connectivity index (χ0v) is 14.4. The fourth-order valence-electron chi connectivity index (χ4n) is 3.42. The van der Waals surface area contributed by atoms with Gasteiger partial charge in [-0.25, -0.2) is 0 Å². The molecule has 1 aliphatic carbocycles. The summed E-state index contributed by atoms with van der Waals surface area (Å²) in [7, 11) is 4.12. The summed E-state index contributed by atoms with van der Waals surface area (Å²) in [5, 5.41) is 3.22. The van der Waals surface area contributed by atoms with E-state index in [9.17, 15) is 4.79 Å². The molecule has 0 radical (unpaired) electrons. The number of carbonyl (C=O) groups excluding carboxylic acids is 1. The lowest BCUT2D eigenvalue weighted by atomic mass is 9.83. The molecule has 0 aromatic rings. The Bertz CT molecular complexity index is 294. The maximum atomic E-state index is 12.2. The number of rotatable bonds is 8. The first kappa shape index (κ1) is 18.4. The lowest BCUT2D eigenvalue weighted by molar-refractivity contribution is -0.122. The zero-order chi connectivity index (χ0) is 15.8. The molecule has 0 spiro atoms. The summed E-state index contributed by atoms with van der Waals surface area (Å²) in [6, 6.07) is 0.621. The van der Waals surface area contributed by atoms with Gasteiger partial charge in [-0.05, 0) is 51.6 Å². The molecule has 0 heterocycles. The number of hydrogen-bond acceptors (Lipinski definition) is 3. The van der Waals surface area contributed by atoms with Crippen LogP contribution in [0.1, 0.15) is 58.8 Å². The molecule has 1 aliphatic rings. The number of likely N-dealkylation sites (N-methyl/N-ethyl adjacent to an activating group) is 1. The van der Waals surface area contributed by atoms with E-state index in [2.05, 4.69) is 38.2 Å². The molecule has 4 nitrogen and oxygen atoms in total. The van der Waals surface area contributed by atoms with Gasteiger partial charge in [0.15, 0.2) is 0 Å². The molecule has 124 valence electrons. The van der Waals surface area contributed by atoms with Crippen molar-refractivity contribution in [1.82, 2.24) is 10.2 Å². The third-order valence-electron chi connectivity index (χ3n) is 4.31. The van der Waals surface area contributed by atoms with E-state index in [1.54, 1.807) is 0 Å². The Labute approximate surface area is 130 Å². The molecule has 3 atom stereocenters. The molecule has 0 aromatic heterocycles. The first-order valence-corrected chi connectivity index (χ1v) is 8.56. The number of nitrogens with one attached hydrogen (secondary N) is 1. The van der Waals surface area contributed by atoms with E-state index in [-0.39, 0.29) is 11.9 Å². The second-order valence-corrected chi connectivity index (χ2v) is 7.49. The van der Waals surface area contributed by atoms with Crippen LogP contribution in [-0.4, -0.2) is 43.5 Å². The molecule has 3 N–H and O–H groups in total. The summed E-state index contributed by atoms with van der Waals surface area (Å²) in [5.74, 6) is 1.46. The number of nitrogens with two attached hydrogens (primary N) is 1. The van der Waals surface area contributed by atoms with Crippen LogP contribution in [0.25, 0.3) is 0 Å². The van der Waals surface area contributed by atoms with Crippen LogP contribution < -0.4 is 11.1 Å². The molecular formula is C17H35N3O. The lowest BCUT2D eigenvalue weighted by Crippen LogP contribution is -2.42. The maximum absolute atomic E-state index is 12.2. The van der Waals surface area contributed by atoms with E-state index in [0.717, 1.165) is 32.2 Å². The van der Waals surface area contributed by atoms with E-state index in [1.165, 1.54) is 12.8 Å². The Kier molecular flexibility index (Phi) is 8.27. The Morgan fingerprint density at radius 1 is 1.33 bits per heavy atom. The number of nitrogens with zero attached hydrogens (tertiary/aromatic N) is 1. The van der Waals surface area contributed by atoms with Crippen molar-refractivity contribution in [2.24, 2.45) is 17.6 Å². The van der Waals surface area contributed by atoms with Gasteiger partial charge in [-0.2, -0.15) is 0 Å². The van der Waals surface area contributed by atoms with E-state index < -0.39 is 0 Å². The van der Waals surface area contributed by atoms with Crippen LogP contribution >= 0.6 is 0 Å². The van der Waals surface area contributed by atoms with Crippen molar-refractivity contribution in [3.63, 3.8) is 0 Å². The van der Waals surface area contributed by atoms with Crippen LogP contribution in [0.15, 0.2) is 0 Å². The third-order valence-corrected chi connectivity index (χ3v) is 4.31. The third kappa shape index (κ3) is 8.42. The smallest absolute Gasteiger partial charge is 0.220 e. The molecule has 21 heavy (non-hydrogen) atoms. The molecule has 0 saturated heterocycles. The van der Waals surface area contributed by atoms with E-state index in [0.29, 0.717) is 24.3 Å². The Balaban J connectivity index is 2.31. The first-order chi connectivity index (χ1) is 9.86. The van der Waals surface area contributed by atoms with Gasteiger partial charge in [0.05, 0.1) is 0 Å². The van der Waals surface area contributed by atoms with Gasteiger partial charge in [0, 0.05) is 25.0 Å². The topological polar surface area (TPSA) is 58.4 Å². The normalized spacial score (nSPS) is 24.3.